The van der Waals surface area contributed by atoms with Crippen molar-refractivity contribution >= 4 is 28.0 Å². The molecule has 2 rings (SSSR count). The molecule has 1 aliphatic heterocycles. The van der Waals surface area contributed by atoms with E-state index in [1.54, 1.807) is 6.20 Å². The second kappa shape index (κ2) is 4.95. The summed E-state index contributed by atoms with van der Waals surface area (Å²) in [4.78, 5) is 17.5. The Morgan fingerprint density at radius 2 is 2.38 bits per heavy atom. The van der Waals surface area contributed by atoms with Crippen LogP contribution in [0.4, 0.5) is 5.82 Å². The fourth-order valence-corrected chi connectivity index (χ4v) is 2.37. The summed E-state index contributed by atoms with van der Waals surface area (Å²) >= 11 is 3.36. The molecule has 2 heterocycles. The Balaban J connectivity index is 2.19. The van der Waals surface area contributed by atoms with Gasteiger partial charge in [-0.25, -0.2) is 4.98 Å². The Bertz CT molecular complexity index is 366. The van der Waals surface area contributed by atoms with Crippen molar-refractivity contribution in [1.82, 2.24) is 4.98 Å². The third kappa shape index (κ3) is 2.43. The summed E-state index contributed by atoms with van der Waals surface area (Å²) in [6.07, 6.45) is 4.87. The second-order valence-electron chi connectivity index (χ2n) is 4.36. The predicted molar refractivity (Wildman–Crippen MR) is 67.5 cm³/mol. The Morgan fingerprint density at radius 1 is 1.56 bits per heavy atom. The van der Waals surface area contributed by atoms with Crippen LogP contribution in [-0.2, 0) is 4.79 Å². The third-order valence-electron chi connectivity index (χ3n) is 3.07. The number of halogens is 1. The van der Waals surface area contributed by atoms with Gasteiger partial charge in [0.25, 0.3) is 0 Å². The Labute approximate surface area is 104 Å². The Hall–Kier alpha value is -0.900. The van der Waals surface area contributed by atoms with Crippen molar-refractivity contribution in [1.29, 1.82) is 0 Å². The number of pyridine rings is 1. The Kier molecular flexibility index (Phi) is 3.59. The van der Waals surface area contributed by atoms with Crippen LogP contribution in [0.15, 0.2) is 22.8 Å². The van der Waals surface area contributed by atoms with Crippen molar-refractivity contribution in [3.8, 4) is 0 Å². The van der Waals surface area contributed by atoms with Gasteiger partial charge in [-0.2, -0.15) is 0 Å². The van der Waals surface area contributed by atoms with Crippen molar-refractivity contribution in [3.63, 3.8) is 0 Å². The molecule has 1 aliphatic rings. The van der Waals surface area contributed by atoms with Crippen molar-refractivity contribution in [2.45, 2.75) is 25.8 Å². The van der Waals surface area contributed by atoms with Crippen LogP contribution in [0.2, 0.25) is 0 Å². The molecule has 1 aromatic rings. The van der Waals surface area contributed by atoms with Crippen molar-refractivity contribution < 1.29 is 4.79 Å². The van der Waals surface area contributed by atoms with Gasteiger partial charge in [-0.15, -0.1) is 0 Å². The van der Waals surface area contributed by atoms with Crippen LogP contribution < -0.4 is 4.90 Å². The topological polar surface area (TPSA) is 33.2 Å². The molecule has 3 nitrogen and oxygen atoms in total. The molecular weight excluding hydrogens is 268 g/mol. The van der Waals surface area contributed by atoms with Gasteiger partial charge in [0.2, 0.25) is 0 Å². The molecule has 0 aliphatic carbocycles. The van der Waals surface area contributed by atoms with E-state index in [1.807, 2.05) is 12.1 Å². The van der Waals surface area contributed by atoms with E-state index in [9.17, 15) is 4.79 Å². The van der Waals surface area contributed by atoms with E-state index in [1.165, 1.54) is 0 Å². The highest BCUT2D eigenvalue weighted by molar-refractivity contribution is 9.10. The Morgan fingerprint density at radius 3 is 3.00 bits per heavy atom. The zero-order valence-electron chi connectivity index (χ0n) is 9.27. The number of hydrogen-bond donors (Lipinski definition) is 0. The van der Waals surface area contributed by atoms with Crippen LogP contribution in [-0.4, -0.2) is 23.9 Å². The first-order chi connectivity index (χ1) is 7.70. The standard InChI is InChI=1S/C12H15BrN2O/c1-9-4-5-15(11(6-9)8-16)12-3-2-10(13)7-14-12/h2-3,7-9,11H,4-6H2,1H3. The first kappa shape index (κ1) is 11.6. The number of piperidine rings is 1. The molecule has 1 saturated heterocycles. The fraction of sp³-hybridized carbons (Fsp3) is 0.500. The number of rotatable bonds is 2. The number of nitrogens with zero attached hydrogens (tertiary/aromatic N) is 2. The number of hydrogen-bond acceptors (Lipinski definition) is 3. The van der Waals surface area contributed by atoms with Gasteiger partial charge >= 0.3 is 0 Å². The number of aldehydes is 1. The summed E-state index contributed by atoms with van der Waals surface area (Å²) in [5.41, 5.74) is 0. The quantitative estimate of drug-likeness (QED) is 0.782. The van der Waals surface area contributed by atoms with E-state index in [0.717, 1.165) is 36.0 Å². The van der Waals surface area contributed by atoms with Crippen LogP contribution in [0.3, 0.4) is 0 Å². The molecule has 0 N–H and O–H groups in total. The number of anilines is 1. The molecule has 0 saturated carbocycles. The van der Waals surface area contributed by atoms with Gasteiger partial charge in [-0.1, -0.05) is 6.92 Å². The zero-order valence-corrected chi connectivity index (χ0v) is 10.9. The molecule has 4 heteroatoms. The second-order valence-corrected chi connectivity index (χ2v) is 5.28. The first-order valence-corrected chi connectivity index (χ1v) is 6.33. The van der Waals surface area contributed by atoms with E-state index >= 15 is 0 Å². The number of carbonyl (C=O) groups excluding carboxylic acids is 1. The molecule has 0 radical (unpaired) electrons. The van der Waals surface area contributed by atoms with Crippen LogP contribution >= 0.6 is 15.9 Å². The SMILES string of the molecule is CC1CCN(c2ccc(Br)cn2)C(C=O)C1. The molecule has 16 heavy (non-hydrogen) atoms. The maximum atomic E-state index is 11.1. The van der Waals surface area contributed by atoms with Gasteiger partial charge in [-0.3, -0.25) is 0 Å². The lowest BCUT2D eigenvalue weighted by Gasteiger charge is -2.36. The highest BCUT2D eigenvalue weighted by Gasteiger charge is 2.26. The summed E-state index contributed by atoms with van der Waals surface area (Å²) in [5.74, 6) is 1.52. The molecule has 0 amide bonds. The first-order valence-electron chi connectivity index (χ1n) is 5.54. The summed E-state index contributed by atoms with van der Waals surface area (Å²) < 4.78 is 0.962. The van der Waals surface area contributed by atoms with Gasteiger partial charge in [0.05, 0.1) is 6.04 Å². The molecule has 0 bridgehead atoms. The molecule has 2 unspecified atom stereocenters. The summed E-state index contributed by atoms with van der Waals surface area (Å²) in [7, 11) is 0. The number of aromatic nitrogens is 1. The normalized spacial score (nSPS) is 25.5. The minimum atomic E-state index is -0.0163. The summed E-state index contributed by atoms with van der Waals surface area (Å²) in [5, 5.41) is 0. The van der Waals surface area contributed by atoms with Gasteiger partial charge in [0.15, 0.2) is 0 Å². The minimum Gasteiger partial charge on any atom is -0.347 e. The average Bonchev–Trinajstić information content (AvgIpc) is 2.30. The van der Waals surface area contributed by atoms with E-state index in [-0.39, 0.29) is 6.04 Å². The summed E-state index contributed by atoms with van der Waals surface area (Å²) in [6, 6.07) is 3.90. The molecule has 2 atom stereocenters. The van der Waals surface area contributed by atoms with Crippen LogP contribution in [0.25, 0.3) is 0 Å². The lowest BCUT2D eigenvalue weighted by Crippen LogP contribution is -2.43. The van der Waals surface area contributed by atoms with E-state index in [2.05, 4.69) is 32.7 Å². The molecular formula is C12H15BrN2O. The van der Waals surface area contributed by atoms with Gasteiger partial charge in [-0.05, 0) is 46.8 Å². The largest absolute Gasteiger partial charge is 0.347 e. The smallest absolute Gasteiger partial charge is 0.142 e. The van der Waals surface area contributed by atoms with Crippen molar-refractivity contribution in [2.75, 3.05) is 11.4 Å². The zero-order chi connectivity index (χ0) is 11.5. The highest BCUT2D eigenvalue weighted by Crippen LogP contribution is 2.26. The van der Waals surface area contributed by atoms with Crippen molar-refractivity contribution in [2.24, 2.45) is 5.92 Å². The minimum absolute atomic E-state index is 0.0163. The van der Waals surface area contributed by atoms with E-state index in [0.29, 0.717) is 5.92 Å². The maximum Gasteiger partial charge on any atom is 0.142 e. The van der Waals surface area contributed by atoms with Gasteiger partial charge in [0, 0.05) is 17.2 Å². The van der Waals surface area contributed by atoms with Crippen LogP contribution in [0.5, 0.6) is 0 Å². The predicted octanol–water partition coefficient (Wildman–Crippen LogP) is 2.65. The monoisotopic (exact) mass is 282 g/mol. The molecule has 1 fully saturated rings. The summed E-state index contributed by atoms with van der Waals surface area (Å²) in [6.45, 7) is 3.11. The lowest BCUT2D eigenvalue weighted by atomic mass is 9.93. The number of carbonyl (C=O) groups is 1. The molecule has 0 aromatic carbocycles. The molecule has 0 spiro atoms. The van der Waals surface area contributed by atoms with Gasteiger partial charge < -0.3 is 9.69 Å². The van der Waals surface area contributed by atoms with E-state index in [4.69, 9.17) is 0 Å². The van der Waals surface area contributed by atoms with Crippen LogP contribution in [0, 0.1) is 5.92 Å². The lowest BCUT2D eigenvalue weighted by molar-refractivity contribution is -0.109. The van der Waals surface area contributed by atoms with Crippen LogP contribution in [0.1, 0.15) is 19.8 Å². The highest BCUT2D eigenvalue weighted by atomic mass is 79.9. The average molecular weight is 283 g/mol. The molecule has 1 aromatic heterocycles. The molecule has 86 valence electrons. The fourth-order valence-electron chi connectivity index (χ4n) is 2.13. The van der Waals surface area contributed by atoms with E-state index < -0.39 is 0 Å². The maximum absolute atomic E-state index is 11.1. The van der Waals surface area contributed by atoms with Gasteiger partial charge in [0.1, 0.15) is 12.1 Å². The third-order valence-corrected chi connectivity index (χ3v) is 3.54. The van der Waals surface area contributed by atoms with Crippen molar-refractivity contribution in [3.05, 3.63) is 22.8 Å².